The summed E-state index contributed by atoms with van der Waals surface area (Å²) in [5.41, 5.74) is 1.31. The van der Waals surface area contributed by atoms with Gasteiger partial charge in [-0.1, -0.05) is 112 Å². The van der Waals surface area contributed by atoms with Gasteiger partial charge in [0.1, 0.15) is 0 Å². The normalized spacial score (nSPS) is 17.3. The van der Waals surface area contributed by atoms with Crippen LogP contribution in [-0.2, 0) is 15.7 Å². The average molecular weight is 446 g/mol. The molecule has 1 fully saturated rings. The summed E-state index contributed by atoms with van der Waals surface area (Å²) >= 11 is 0. The molecule has 0 radical (unpaired) electrons. The fourth-order valence-corrected chi connectivity index (χ4v) is 9.33. The van der Waals surface area contributed by atoms with Gasteiger partial charge in [0.25, 0.3) is 8.32 Å². The fraction of sp³-hybridized carbons (Fsp3) is 0.357. The second kappa shape index (κ2) is 9.71. The van der Waals surface area contributed by atoms with Gasteiger partial charge < -0.3 is 9.16 Å². The molecule has 0 saturated carbocycles. The zero-order valence-electron chi connectivity index (χ0n) is 19.7. The van der Waals surface area contributed by atoms with E-state index >= 15 is 0 Å². The van der Waals surface area contributed by atoms with Crippen LogP contribution in [-0.4, -0.2) is 45.6 Å². The highest BCUT2D eigenvalue weighted by atomic mass is 28.4. The van der Waals surface area contributed by atoms with E-state index in [9.17, 15) is 0 Å². The molecule has 1 aliphatic heterocycles. The van der Waals surface area contributed by atoms with Crippen LogP contribution in [0, 0.1) is 0 Å². The Morgan fingerprint density at radius 2 is 1.34 bits per heavy atom. The monoisotopic (exact) mass is 445 g/mol. The van der Waals surface area contributed by atoms with Crippen molar-refractivity contribution in [2.24, 2.45) is 0 Å². The minimum Gasteiger partial charge on any atom is -0.406 e. The van der Waals surface area contributed by atoms with Crippen molar-refractivity contribution < 1.29 is 9.16 Å². The maximum Gasteiger partial charge on any atom is 0.261 e. The lowest BCUT2D eigenvalue weighted by molar-refractivity contribution is 0.122. The van der Waals surface area contributed by atoms with Crippen LogP contribution in [0.3, 0.4) is 0 Å². The van der Waals surface area contributed by atoms with Gasteiger partial charge in [0, 0.05) is 6.54 Å². The Morgan fingerprint density at radius 1 is 0.875 bits per heavy atom. The molecule has 3 nitrogen and oxygen atoms in total. The Kier molecular flexibility index (Phi) is 6.96. The van der Waals surface area contributed by atoms with Crippen LogP contribution < -0.4 is 10.4 Å². The number of benzene rings is 3. The van der Waals surface area contributed by atoms with Crippen LogP contribution in [0.5, 0.6) is 0 Å². The zero-order chi connectivity index (χ0) is 22.6. The Labute approximate surface area is 194 Å². The quantitative estimate of drug-likeness (QED) is 0.359. The molecule has 0 amide bonds. The first-order valence-corrected chi connectivity index (χ1v) is 13.4. The first kappa shape index (κ1) is 22.9. The minimum absolute atomic E-state index is 0.0251. The van der Waals surface area contributed by atoms with E-state index in [1.54, 1.807) is 0 Å². The standard InChI is InChI=1S/C28H35NO2Si/c1-28(2,3)32(24-16-10-6-11-17-24,25-18-12-7-13-19-25)31-21-26(27-22-30-27)29(4)20-23-14-8-5-9-15-23/h5-19,26-27H,20-22H2,1-4H3/t26-,27-/m1/s1. The summed E-state index contributed by atoms with van der Waals surface area (Å²) in [6, 6.07) is 32.6. The maximum atomic E-state index is 7.21. The number of nitrogens with zero attached hydrogens (tertiary/aromatic N) is 1. The Hall–Kier alpha value is -2.24. The summed E-state index contributed by atoms with van der Waals surface area (Å²) in [5, 5.41) is 2.61. The average Bonchev–Trinajstić information content (AvgIpc) is 3.63. The highest BCUT2D eigenvalue weighted by molar-refractivity contribution is 6.99. The molecule has 4 heteroatoms. The lowest BCUT2D eigenvalue weighted by atomic mass is 10.1. The maximum absolute atomic E-state index is 7.21. The highest BCUT2D eigenvalue weighted by Crippen LogP contribution is 2.37. The first-order chi connectivity index (χ1) is 15.4. The third kappa shape index (κ3) is 4.89. The molecule has 0 bridgehead atoms. The molecule has 2 atom stereocenters. The Bertz CT molecular complexity index is 929. The van der Waals surface area contributed by atoms with Crippen LogP contribution in [0.4, 0.5) is 0 Å². The predicted octanol–water partition coefficient (Wildman–Crippen LogP) is 4.46. The van der Waals surface area contributed by atoms with Crippen LogP contribution >= 0.6 is 0 Å². The molecular formula is C28H35NO2Si. The van der Waals surface area contributed by atoms with Crippen molar-refractivity contribution in [1.29, 1.82) is 0 Å². The fourth-order valence-electron chi connectivity index (χ4n) is 4.76. The Morgan fingerprint density at radius 3 is 1.78 bits per heavy atom. The second-order valence-corrected chi connectivity index (χ2v) is 14.1. The van der Waals surface area contributed by atoms with Crippen molar-refractivity contribution in [3.8, 4) is 0 Å². The molecule has 4 rings (SSSR count). The minimum atomic E-state index is -2.55. The molecule has 0 spiro atoms. The molecule has 32 heavy (non-hydrogen) atoms. The van der Waals surface area contributed by atoms with Gasteiger partial charge in [-0.3, -0.25) is 4.90 Å². The van der Waals surface area contributed by atoms with Crippen LogP contribution in [0.1, 0.15) is 26.3 Å². The smallest absolute Gasteiger partial charge is 0.261 e. The molecule has 1 heterocycles. The van der Waals surface area contributed by atoms with Crippen LogP contribution in [0.2, 0.25) is 5.04 Å². The zero-order valence-corrected chi connectivity index (χ0v) is 20.7. The molecule has 0 aromatic heterocycles. The van der Waals surface area contributed by atoms with E-state index in [4.69, 9.17) is 9.16 Å². The lowest BCUT2D eigenvalue weighted by Crippen LogP contribution is -2.67. The third-order valence-corrected chi connectivity index (χ3v) is 11.5. The van der Waals surface area contributed by atoms with Crippen molar-refractivity contribution in [3.05, 3.63) is 96.6 Å². The van der Waals surface area contributed by atoms with Crippen molar-refractivity contribution >= 4 is 18.7 Å². The number of epoxide rings is 1. The first-order valence-electron chi connectivity index (χ1n) is 11.5. The molecule has 0 aliphatic carbocycles. The van der Waals surface area contributed by atoms with E-state index in [0.29, 0.717) is 6.61 Å². The summed E-state index contributed by atoms with van der Waals surface area (Å²) in [4.78, 5) is 2.39. The largest absolute Gasteiger partial charge is 0.406 e. The number of rotatable bonds is 9. The summed E-state index contributed by atoms with van der Waals surface area (Å²) in [5.74, 6) is 0. The van der Waals surface area contributed by atoms with Gasteiger partial charge in [-0.15, -0.1) is 0 Å². The van der Waals surface area contributed by atoms with Gasteiger partial charge in [0.2, 0.25) is 0 Å². The summed E-state index contributed by atoms with van der Waals surface area (Å²) in [7, 11) is -0.362. The molecule has 3 aromatic carbocycles. The molecule has 0 N–H and O–H groups in total. The van der Waals surface area contributed by atoms with Crippen LogP contribution in [0.25, 0.3) is 0 Å². The van der Waals surface area contributed by atoms with E-state index in [-0.39, 0.29) is 17.2 Å². The molecule has 168 valence electrons. The molecule has 1 saturated heterocycles. The van der Waals surface area contributed by atoms with E-state index < -0.39 is 8.32 Å². The van der Waals surface area contributed by atoms with Crippen LogP contribution in [0.15, 0.2) is 91.0 Å². The summed E-state index contributed by atoms with van der Waals surface area (Å²) in [6.45, 7) is 9.34. The van der Waals surface area contributed by atoms with Gasteiger partial charge in [0.15, 0.2) is 0 Å². The number of ether oxygens (including phenoxy) is 1. The van der Waals surface area contributed by atoms with E-state index in [2.05, 4.69) is 124 Å². The van der Waals surface area contributed by atoms with Crippen molar-refractivity contribution in [1.82, 2.24) is 4.90 Å². The van der Waals surface area contributed by atoms with Crippen molar-refractivity contribution in [3.63, 3.8) is 0 Å². The topological polar surface area (TPSA) is 25.0 Å². The van der Waals surface area contributed by atoms with E-state index in [1.165, 1.54) is 15.9 Å². The number of likely N-dealkylation sites (N-methyl/N-ethyl adjacent to an activating group) is 1. The predicted molar refractivity (Wildman–Crippen MR) is 135 cm³/mol. The SMILES string of the molecule is CN(Cc1ccccc1)[C@H](CO[Si](c1ccccc1)(c1ccccc1)C(C)(C)C)[C@H]1CO1. The molecule has 0 unspecified atom stereocenters. The summed E-state index contributed by atoms with van der Waals surface area (Å²) < 4.78 is 13.0. The number of hydrogen-bond acceptors (Lipinski definition) is 3. The van der Waals surface area contributed by atoms with Crippen molar-refractivity contribution in [2.75, 3.05) is 20.3 Å². The van der Waals surface area contributed by atoms with Gasteiger partial charge >= 0.3 is 0 Å². The molecule has 1 aliphatic rings. The number of hydrogen-bond donors (Lipinski definition) is 0. The van der Waals surface area contributed by atoms with Gasteiger partial charge in [-0.25, -0.2) is 0 Å². The highest BCUT2D eigenvalue weighted by Gasteiger charge is 2.51. The van der Waals surface area contributed by atoms with Gasteiger partial charge in [-0.2, -0.15) is 0 Å². The molecule has 3 aromatic rings. The van der Waals surface area contributed by atoms with Gasteiger partial charge in [-0.05, 0) is 28.0 Å². The summed E-state index contributed by atoms with van der Waals surface area (Å²) in [6.07, 6.45) is 0.238. The van der Waals surface area contributed by atoms with E-state index in [0.717, 1.165) is 13.2 Å². The Balaban J connectivity index is 1.66. The second-order valence-electron chi connectivity index (χ2n) is 9.81. The van der Waals surface area contributed by atoms with E-state index in [1.807, 2.05) is 0 Å². The lowest BCUT2D eigenvalue weighted by Gasteiger charge is -2.44. The van der Waals surface area contributed by atoms with Gasteiger partial charge in [0.05, 0.1) is 25.4 Å². The third-order valence-electron chi connectivity index (χ3n) is 6.52. The van der Waals surface area contributed by atoms with Crippen molar-refractivity contribution in [2.45, 2.75) is 44.5 Å². The molecular weight excluding hydrogens is 410 g/mol.